The molecular weight excluding hydrogens is 745 g/mol. The monoisotopic (exact) mass is 802 g/mol. The highest BCUT2D eigenvalue weighted by Gasteiger charge is 2.41. The number of hydrogen-bond acceptors (Lipinski definition) is 8. The predicted octanol–water partition coefficient (Wildman–Crippen LogP) is 3.22. The Balaban J connectivity index is 0.000000245. The molecular formula is C42H58N8O8. The minimum absolute atomic E-state index is 0.0178. The van der Waals surface area contributed by atoms with Gasteiger partial charge in [0, 0.05) is 50.1 Å². The normalized spacial score (nSPS) is 19.1. The summed E-state index contributed by atoms with van der Waals surface area (Å²) in [6.45, 7) is 7.52. The number of benzene rings is 2. The Morgan fingerprint density at radius 1 is 0.879 bits per heavy atom. The van der Waals surface area contributed by atoms with Crippen LogP contribution in [0.15, 0.2) is 60.8 Å². The molecule has 3 fully saturated rings. The van der Waals surface area contributed by atoms with E-state index in [9.17, 15) is 33.6 Å². The minimum Gasteiger partial charge on any atom is -0.467 e. The molecule has 314 valence electrons. The van der Waals surface area contributed by atoms with Crippen LogP contribution in [0.25, 0.3) is 10.9 Å². The molecule has 0 saturated carbocycles. The van der Waals surface area contributed by atoms with Crippen LogP contribution in [0.1, 0.15) is 70.8 Å². The molecule has 6 rings (SSSR count). The molecule has 3 aliphatic heterocycles. The van der Waals surface area contributed by atoms with Crippen molar-refractivity contribution in [3.63, 3.8) is 0 Å². The third-order valence-corrected chi connectivity index (χ3v) is 10.5. The molecule has 16 heteroatoms. The fourth-order valence-electron chi connectivity index (χ4n) is 7.42. The van der Waals surface area contributed by atoms with E-state index in [1.165, 1.54) is 5.56 Å². The molecule has 16 nitrogen and oxygen atoms in total. The first-order chi connectivity index (χ1) is 27.8. The van der Waals surface area contributed by atoms with Gasteiger partial charge in [0.25, 0.3) is 6.47 Å². The second-order valence-corrected chi connectivity index (χ2v) is 14.9. The van der Waals surface area contributed by atoms with Gasteiger partial charge in [-0.05, 0) is 89.3 Å². The number of nitrogens with two attached hydrogens (primary N) is 1. The van der Waals surface area contributed by atoms with E-state index in [2.05, 4.69) is 39.7 Å². The van der Waals surface area contributed by atoms with Crippen LogP contribution in [-0.4, -0.2) is 118 Å². The van der Waals surface area contributed by atoms with Gasteiger partial charge in [-0.25, -0.2) is 4.79 Å². The molecule has 3 saturated heterocycles. The van der Waals surface area contributed by atoms with E-state index < -0.39 is 30.1 Å². The van der Waals surface area contributed by atoms with Crippen LogP contribution >= 0.6 is 0 Å². The molecule has 0 radical (unpaired) electrons. The summed E-state index contributed by atoms with van der Waals surface area (Å²) in [5.74, 6) is -1.44. The van der Waals surface area contributed by atoms with Crippen LogP contribution in [0.2, 0.25) is 0 Å². The Kier molecular flexibility index (Phi) is 17.1. The first kappa shape index (κ1) is 44.8. The SMILES string of the molecule is CC(NC(=O)C1CCCCN1C(=O)C1CCCN1C(=O)CCOC=O)C(=O)N1CCCC1C.Cc1ccccc1.Cn1ccc2ccc(NC(=O)NCC(N)=O)cc21. The number of rotatable bonds is 11. The number of nitrogens with zero attached hydrogens (tertiary/aromatic N) is 4. The third-order valence-electron chi connectivity index (χ3n) is 10.5. The third kappa shape index (κ3) is 12.8. The molecule has 2 aromatic carbocycles. The summed E-state index contributed by atoms with van der Waals surface area (Å²) in [4.78, 5) is 89.1. The quantitative estimate of drug-likeness (QED) is 0.167. The molecule has 4 unspecified atom stereocenters. The van der Waals surface area contributed by atoms with Gasteiger partial charge in [0.15, 0.2) is 0 Å². The average Bonchev–Trinajstić information content (AvgIpc) is 3.97. The summed E-state index contributed by atoms with van der Waals surface area (Å²) in [6, 6.07) is 15.6. The number of aromatic nitrogens is 1. The number of carbonyl (C=O) groups excluding carboxylic acids is 7. The van der Waals surface area contributed by atoms with Crippen LogP contribution in [0.4, 0.5) is 10.5 Å². The molecule has 3 aliphatic rings. The van der Waals surface area contributed by atoms with E-state index in [-0.39, 0.29) is 49.2 Å². The van der Waals surface area contributed by atoms with Crippen molar-refractivity contribution >= 4 is 58.6 Å². The van der Waals surface area contributed by atoms with Gasteiger partial charge in [0.05, 0.1) is 19.6 Å². The maximum absolute atomic E-state index is 13.4. The number of primary amides is 1. The largest absolute Gasteiger partial charge is 0.467 e. The molecule has 0 spiro atoms. The highest BCUT2D eigenvalue weighted by Crippen LogP contribution is 2.26. The van der Waals surface area contributed by atoms with E-state index in [1.54, 1.807) is 22.8 Å². The van der Waals surface area contributed by atoms with Crippen LogP contribution in [0.5, 0.6) is 0 Å². The van der Waals surface area contributed by atoms with Crippen molar-refractivity contribution in [3.8, 4) is 0 Å². The van der Waals surface area contributed by atoms with Gasteiger partial charge in [-0.1, -0.05) is 42.0 Å². The molecule has 7 amide bonds. The number of urea groups is 1. The fraction of sp³-hybridized carbons (Fsp3) is 0.500. The summed E-state index contributed by atoms with van der Waals surface area (Å²) < 4.78 is 6.58. The van der Waals surface area contributed by atoms with E-state index in [4.69, 9.17) is 5.73 Å². The lowest BCUT2D eigenvalue weighted by molar-refractivity contribution is -0.150. The summed E-state index contributed by atoms with van der Waals surface area (Å²) in [7, 11) is 1.93. The standard InChI is InChI=1S/C23H36N4O6.C12H14N4O2.C7H8/c1-16-7-5-12-25(16)22(31)17(2)24-21(30)18-8-3-4-11-27(18)23(32)19-9-6-13-26(19)20(29)10-14-33-15-28;1-16-5-4-8-2-3-9(6-10(8)16)15-12(18)14-7-11(13)17;1-7-5-3-2-4-6-7/h15-19H,3-14H2,1-2H3,(H,24,30);2-6H,7H2,1H3,(H2,13,17)(H2,14,15,18);2-6H,1H3. The lowest BCUT2D eigenvalue weighted by Gasteiger charge is -2.38. The molecule has 3 aromatic rings. The van der Waals surface area contributed by atoms with Crippen LogP contribution in [-0.2, 0) is 40.6 Å². The molecule has 1 aromatic heterocycles. The summed E-state index contributed by atoms with van der Waals surface area (Å²) in [6.07, 6.45) is 7.32. The number of nitrogens with one attached hydrogen (secondary N) is 3. The molecule has 0 aliphatic carbocycles. The maximum Gasteiger partial charge on any atom is 0.319 e. The number of likely N-dealkylation sites (tertiary alicyclic amines) is 3. The molecule has 4 atom stereocenters. The number of amides is 7. The molecule has 5 N–H and O–H groups in total. The number of piperidine rings is 1. The minimum atomic E-state index is -0.653. The van der Waals surface area contributed by atoms with Crippen molar-refractivity contribution < 1.29 is 38.3 Å². The average molecular weight is 803 g/mol. The number of anilines is 1. The zero-order chi connectivity index (χ0) is 42.2. The van der Waals surface area contributed by atoms with Crippen molar-refractivity contribution in [1.29, 1.82) is 0 Å². The highest BCUT2D eigenvalue weighted by molar-refractivity contribution is 5.95. The van der Waals surface area contributed by atoms with Gasteiger partial charge in [0.2, 0.25) is 29.5 Å². The lowest BCUT2D eigenvalue weighted by Crippen LogP contribution is -2.59. The number of ether oxygens (including phenoxy) is 1. The lowest BCUT2D eigenvalue weighted by atomic mass is 9.99. The van der Waals surface area contributed by atoms with Crippen LogP contribution < -0.4 is 21.7 Å². The zero-order valence-electron chi connectivity index (χ0n) is 34.0. The zero-order valence-corrected chi connectivity index (χ0v) is 34.0. The number of aryl methyl sites for hydroxylation is 2. The van der Waals surface area contributed by atoms with Gasteiger partial charge in [-0.15, -0.1) is 0 Å². The maximum atomic E-state index is 13.4. The number of carbonyl (C=O) groups is 7. The highest BCUT2D eigenvalue weighted by atomic mass is 16.5. The smallest absolute Gasteiger partial charge is 0.319 e. The summed E-state index contributed by atoms with van der Waals surface area (Å²) in [5.41, 5.74) is 7.93. The van der Waals surface area contributed by atoms with Crippen molar-refractivity contribution in [2.24, 2.45) is 12.8 Å². The van der Waals surface area contributed by atoms with Gasteiger partial charge >= 0.3 is 6.03 Å². The predicted molar refractivity (Wildman–Crippen MR) is 219 cm³/mol. The molecule has 58 heavy (non-hydrogen) atoms. The molecule has 4 heterocycles. The number of hydrogen-bond donors (Lipinski definition) is 4. The van der Waals surface area contributed by atoms with Crippen molar-refractivity contribution in [1.82, 2.24) is 29.9 Å². The Morgan fingerprint density at radius 2 is 1.57 bits per heavy atom. The van der Waals surface area contributed by atoms with Gasteiger partial charge in [0.1, 0.15) is 18.1 Å². The summed E-state index contributed by atoms with van der Waals surface area (Å²) in [5, 5.41) is 8.93. The first-order valence-electron chi connectivity index (χ1n) is 20.0. The Hall–Kier alpha value is -5.93. The Labute approximate surface area is 339 Å². The van der Waals surface area contributed by atoms with Crippen molar-refractivity contribution in [2.45, 2.75) is 96.3 Å². The fourth-order valence-corrected chi connectivity index (χ4v) is 7.42. The molecule has 0 bridgehead atoms. The van der Waals surface area contributed by atoms with Crippen LogP contribution in [0.3, 0.4) is 0 Å². The Bertz CT molecular complexity index is 1880. The Morgan fingerprint density at radius 3 is 2.22 bits per heavy atom. The van der Waals surface area contributed by atoms with E-state index >= 15 is 0 Å². The van der Waals surface area contributed by atoms with E-state index in [1.807, 2.05) is 66.0 Å². The van der Waals surface area contributed by atoms with Crippen LogP contribution in [0, 0.1) is 6.92 Å². The topological polar surface area (TPSA) is 205 Å². The van der Waals surface area contributed by atoms with Crippen molar-refractivity contribution in [2.75, 3.05) is 38.1 Å². The summed E-state index contributed by atoms with van der Waals surface area (Å²) >= 11 is 0. The van der Waals surface area contributed by atoms with E-state index in [0.717, 1.165) is 36.6 Å². The second kappa shape index (κ2) is 22.1. The van der Waals surface area contributed by atoms with E-state index in [0.29, 0.717) is 51.1 Å². The number of fused-ring (bicyclic) bond motifs is 1. The first-order valence-corrected chi connectivity index (χ1v) is 20.0. The van der Waals surface area contributed by atoms with Gasteiger partial charge < -0.3 is 45.7 Å². The van der Waals surface area contributed by atoms with Gasteiger partial charge in [-0.2, -0.15) is 0 Å². The van der Waals surface area contributed by atoms with Gasteiger partial charge in [-0.3, -0.25) is 28.8 Å². The van der Waals surface area contributed by atoms with Crippen molar-refractivity contribution in [3.05, 3.63) is 66.4 Å². The second-order valence-electron chi connectivity index (χ2n) is 14.9.